The Morgan fingerprint density at radius 2 is 2.17 bits per heavy atom. The van der Waals surface area contributed by atoms with Gasteiger partial charge >= 0.3 is 0 Å². The Kier molecular flexibility index (Phi) is 3.04. The summed E-state index contributed by atoms with van der Waals surface area (Å²) in [7, 11) is 0. The van der Waals surface area contributed by atoms with E-state index in [0.29, 0.717) is 28.3 Å². The molecule has 1 amide bonds. The SMILES string of the molecule is Cc1cc(C(=O)N[C@@H]2[C@@H]3CCO[C@H]3C2(C)C)c2c(C)noc2n1. The molecule has 3 heterocycles. The van der Waals surface area contributed by atoms with Crippen molar-refractivity contribution in [3.05, 3.63) is 23.0 Å². The van der Waals surface area contributed by atoms with Gasteiger partial charge in [0.1, 0.15) is 0 Å². The van der Waals surface area contributed by atoms with Gasteiger partial charge in [-0.05, 0) is 26.3 Å². The first-order valence-corrected chi connectivity index (χ1v) is 8.05. The van der Waals surface area contributed by atoms with Crippen LogP contribution < -0.4 is 5.32 Å². The fraction of sp³-hybridized carbons (Fsp3) is 0.588. The molecule has 0 aromatic carbocycles. The lowest BCUT2D eigenvalue weighted by Gasteiger charge is -2.54. The van der Waals surface area contributed by atoms with Crippen LogP contribution in [-0.2, 0) is 4.74 Å². The maximum Gasteiger partial charge on any atom is 0.258 e. The van der Waals surface area contributed by atoms with E-state index >= 15 is 0 Å². The fourth-order valence-electron chi connectivity index (χ4n) is 4.23. The van der Waals surface area contributed by atoms with Crippen molar-refractivity contribution in [2.45, 2.75) is 46.3 Å². The number of carbonyl (C=O) groups is 1. The number of ether oxygens (including phenoxy) is 1. The maximum absolute atomic E-state index is 12.9. The predicted octanol–water partition coefficient (Wildman–Crippen LogP) is 2.38. The molecule has 0 spiro atoms. The highest BCUT2D eigenvalue weighted by Gasteiger charge is 2.59. The van der Waals surface area contributed by atoms with Gasteiger partial charge in [-0.1, -0.05) is 19.0 Å². The molecule has 0 unspecified atom stereocenters. The van der Waals surface area contributed by atoms with Crippen LogP contribution >= 0.6 is 0 Å². The van der Waals surface area contributed by atoms with Crippen LogP contribution in [0.4, 0.5) is 0 Å². The van der Waals surface area contributed by atoms with Gasteiger partial charge in [-0.2, -0.15) is 0 Å². The van der Waals surface area contributed by atoms with E-state index in [9.17, 15) is 4.79 Å². The van der Waals surface area contributed by atoms with Gasteiger partial charge in [0, 0.05) is 29.7 Å². The van der Waals surface area contributed by atoms with E-state index in [-0.39, 0.29) is 23.5 Å². The number of amides is 1. The van der Waals surface area contributed by atoms with Gasteiger partial charge in [0.15, 0.2) is 0 Å². The van der Waals surface area contributed by atoms with E-state index in [2.05, 4.69) is 29.3 Å². The normalized spacial score (nSPS) is 28.4. The van der Waals surface area contributed by atoms with Crippen molar-refractivity contribution in [2.24, 2.45) is 11.3 Å². The molecule has 2 aromatic rings. The van der Waals surface area contributed by atoms with Crippen molar-refractivity contribution in [2.75, 3.05) is 6.61 Å². The number of pyridine rings is 1. The maximum atomic E-state index is 12.9. The summed E-state index contributed by atoms with van der Waals surface area (Å²) in [5, 5.41) is 7.85. The molecule has 4 rings (SSSR count). The Bertz CT molecular complexity index is 796. The van der Waals surface area contributed by atoms with Gasteiger partial charge in [-0.15, -0.1) is 0 Å². The van der Waals surface area contributed by atoms with E-state index in [1.165, 1.54) is 0 Å². The van der Waals surface area contributed by atoms with E-state index < -0.39 is 0 Å². The highest BCUT2D eigenvalue weighted by molar-refractivity contribution is 6.06. The summed E-state index contributed by atoms with van der Waals surface area (Å²) in [5.74, 6) is 0.325. The van der Waals surface area contributed by atoms with E-state index in [1.807, 2.05) is 13.8 Å². The van der Waals surface area contributed by atoms with Crippen LogP contribution in [0, 0.1) is 25.2 Å². The zero-order valence-corrected chi connectivity index (χ0v) is 13.8. The molecular formula is C17H21N3O3. The number of fused-ring (bicyclic) bond motifs is 2. The third-order valence-corrected chi connectivity index (χ3v) is 5.38. The second-order valence-electron chi connectivity index (χ2n) is 7.28. The second-order valence-corrected chi connectivity index (χ2v) is 7.28. The van der Waals surface area contributed by atoms with Gasteiger partial charge in [0.25, 0.3) is 11.6 Å². The molecule has 3 atom stereocenters. The Morgan fingerprint density at radius 1 is 1.39 bits per heavy atom. The Hall–Kier alpha value is -1.95. The second kappa shape index (κ2) is 4.77. The largest absolute Gasteiger partial charge is 0.377 e. The smallest absolute Gasteiger partial charge is 0.258 e. The van der Waals surface area contributed by atoms with Gasteiger partial charge in [0.05, 0.1) is 22.7 Å². The molecule has 1 aliphatic carbocycles. The summed E-state index contributed by atoms with van der Waals surface area (Å²) in [6, 6.07) is 1.93. The molecule has 6 nitrogen and oxygen atoms in total. The molecule has 6 heteroatoms. The van der Waals surface area contributed by atoms with Gasteiger partial charge < -0.3 is 14.6 Å². The molecule has 2 aromatic heterocycles. The highest BCUT2D eigenvalue weighted by atomic mass is 16.5. The summed E-state index contributed by atoms with van der Waals surface area (Å²) < 4.78 is 11.0. The summed E-state index contributed by atoms with van der Waals surface area (Å²) in [6.07, 6.45) is 1.26. The zero-order chi connectivity index (χ0) is 16.4. The molecule has 0 radical (unpaired) electrons. The molecule has 1 aliphatic heterocycles. The van der Waals surface area contributed by atoms with E-state index in [4.69, 9.17) is 9.26 Å². The molecule has 0 bridgehead atoms. The van der Waals surface area contributed by atoms with Crippen molar-refractivity contribution < 1.29 is 14.1 Å². The quantitative estimate of drug-likeness (QED) is 0.920. The van der Waals surface area contributed by atoms with Crippen LogP contribution in [0.3, 0.4) is 0 Å². The number of hydrogen-bond acceptors (Lipinski definition) is 5. The van der Waals surface area contributed by atoms with Crippen LogP contribution in [0.2, 0.25) is 0 Å². The highest BCUT2D eigenvalue weighted by Crippen LogP contribution is 2.52. The third-order valence-electron chi connectivity index (χ3n) is 5.38. The average molecular weight is 315 g/mol. The van der Waals surface area contributed by atoms with E-state index in [0.717, 1.165) is 18.7 Å². The lowest BCUT2D eigenvalue weighted by Crippen LogP contribution is -2.66. The summed E-state index contributed by atoms with van der Waals surface area (Å²) in [6.45, 7) is 8.77. The average Bonchev–Trinajstić information content (AvgIpc) is 3.10. The van der Waals surface area contributed by atoms with Crippen LogP contribution in [0.5, 0.6) is 0 Å². The molecule has 23 heavy (non-hydrogen) atoms. The van der Waals surface area contributed by atoms with Gasteiger partial charge in [-0.25, -0.2) is 4.98 Å². The van der Waals surface area contributed by atoms with Crippen LogP contribution in [0.1, 0.15) is 42.0 Å². The van der Waals surface area contributed by atoms with Gasteiger partial charge in [-0.3, -0.25) is 4.79 Å². The first kappa shape index (κ1) is 14.6. The van der Waals surface area contributed by atoms with E-state index in [1.54, 1.807) is 6.07 Å². The summed E-state index contributed by atoms with van der Waals surface area (Å²) in [4.78, 5) is 17.2. The molecule has 1 saturated heterocycles. The van der Waals surface area contributed by atoms with Gasteiger partial charge in [0.2, 0.25) is 0 Å². The number of aryl methyl sites for hydroxylation is 2. The Labute approximate surface area is 134 Å². The lowest BCUT2D eigenvalue weighted by molar-refractivity contribution is -0.108. The lowest BCUT2D eigenvalue weighted by atomic mass is 9.57. The van der Waals surface area contributed by atoms with Crippen molar-refractivity contribution in [3.63, 3.8) is 0 Å². The number of rotatable bonds is 2. The Morgan fingerprint density at radius 3 is 2.96 bits per heavy atom. The van der Waals surface area contributed by atoms with Crippen LogP contribution in [-0.4, -0.2) is 34.8 Å². The van der Waals surface area contributed by atoms with Crippen molar-refractivity contribution in [3.8, 4) is 0 Å². The fourth-order valence-corrected chi connectivity index (χ4v) is 4.23. The molecule has 2 aliphatic rings. The molecule has 1 saturated carbocycles. The number of nitrogens with zero attached hydrogens (tertiary/aromatic N) is 2. The van der Waals surface area contributed by atoms with Crippen molar-refractivity contribution in [1.82, 2.24) is 15.5 Å². The monoisotopic (exact) mass is 315 g/mol. The summed E-state index contributed by atoms with van der Waals surface area (Å²) in [5.41, 5.74) is 2.40. The predicted molar refractivity (Wildman–Crippen MR) is 84.2 cm³/mol. The number of carbonyl (C=O) groups excluding carboxylic acids is 1. The third kappa shape index (κ3) is 2.01. The standard InChI is InChI=1S/C17H21N3O3/c1-8-7-11(12-9(2)20-23-16(12)18-8)15(21)19-13-10-5-6-22-14(10)17(13,3)4/h7,10,13-14H,5-6H2,1-4H3,(H,19,21)/t10-,13+,14+/m0/s1. The molecular weight excluding hydrogens is 294 g/mol. The number of hydrogen-bond donors (Lipinski definition) is 1. The Balaban J connectivity index is 1.67. The first-order chi connectivity index (χ1) is 10.9. The number of aromatic nitrogens is 2. The van der Waals surface area contributed by atoms with Crippen LogP contribution in [0.15, 0.2) is 10.6 Å². The summed E-state index contributed by atoms with van der Waals surface area (Å²) >= 11 is 0. The minimum atomic E-state index is -0.0878. The van der Waals surface area contributed by atoms with Crippen LogP contribution in [0.25, 0.3) is 11.1 Å². The number of nitrogens with one attached hydrogen (secondary N) is 1. The minimum absolute atomic E-state index is 0.0400. The molecule has 1 N–H and O–H groups in total. The van der Waals surface area contributed by atoms with Crippen molar-refractivity contribution >= 4 is 17.0 Å². The molecule has 122 valence electrons. The molecule has 2 fully saturated rings. The minimum Gasteiger partial charge on any atom is -0.377 e. The first-order valence-electron chi connectivity index (χ1n) is 8.05. The topological polar surface area (TPSA) is 77.2 Å². The van der Waals surface area contributed by atoms with Crippen molar-refractivity contribution in [1.29, 1.82) is 0 Å². The zero-order valence-electron chi connectivity index (χ0n) is 13.8.